The van der Waals surface area contributed by atoms with Gasteiger partial charge < -0.3 is 9.73 Å². The number of hydrogen-bond acceptors (Lipinski definition) is 3. The predicted molar refractivity (Wildman–Crippen MR) is 70.5 cm³/mol. The molecule has 0 aliphatic heterocycles. The minimum Gasteiger partial charge on any atom is -0.468 e. The van der Waals surface area contributed by atoms with Gasteiger partial charge in [0, 0.05) is 12.1 Å². The Morgan fingerprint density at radius 1 is 1.47 bits per heavy atom. The van der Waals surface area contributed by atoms with Gasteiger partial charge in [0.2, 0.25) is 0 Å². The summed E-state index contributed by atoms with van der Waals surface area (Å²) in [5.41, 5.74) is 1.20. The van der Waals surface area contributed by atoms with Crippen molar-refractivity contribution in [2.75, 3.05) is 19.6 Å². The van der Waals surface area contributed by atoms with Crippen LogP contribution in [0.3, 0.4) is 0 Å². The van der Waals surface area contributed by atoms with Crippen LogP contribution in [0, 0.1) is 12.3 Å². The maximum Gasteiger partial charge on any atom is 0.118 e. The van der Waals surface area contributed by atoms with Gasteiger partial charge in [0.05, 0.1) is 19.4 Å². The summed E-state index contributed by atoms with van der Waals surface area (Å²) in [7, 11) is 0. The smallest absolute Gasteiger partial charge is 0.118 e. The molecule has 0 fully saturated rings. The molecule has 0 aliphatic rings. The molecule has 3 nitrogen and oxygen atoms in total. The highest BCUT2D eigenvalue weighted by atomic mass is 16.3. The molecule has 0 bridgehead atoms. The number of furan rings is 1. The summed E-state index contributed by atoms with van der Waals surface area (Å²) in [6, 6.07) is 2.10. The molecule has 3 heteroatoms. The third-order valence-corrected chi connectivity index (χ3v) is 2.61. The van der Waals surface area contributed by atoms with Gasteiger partial charge in [0.15, 0.2) is 0 Å². The van der Waals surface area contributed by atoms with Crippen molar-refractivity contribution in [3.05, 3.63) is 23.7 Å². The number of terminal acetylenes is 1. The van der Waals surface area contributed by atoms with Gasteiger partial charge in [-0.25, -0.2) is 0 Å². The van der Waals surface area contributed by atoms with Crippen molar-refractivity contribution in [3.8, 4) is 12.3 Å². The quantitative estimate of drug-likeness (QED) is 0.552. The zero-order valence-corrected chi connectivity index (χ0v) is 10.8. The zero-order chi connectivity index (χ0) is 12.5. The summed E-state index contributed by atoms with van der Waals surface area (Å²) in [4.78, 5) is 2.17. The molecule has 1 aromatic rings. The summed E-state index contributed by atoms with van der Waals surface area (Å²) < 4.78 is 5.52. The van der Waals surface area contributed by atoms with Crippen molar-refractivity contribution in [3.63, 3.8) is 0 Å². The molecule has 0 spiro atoms. The van der Waals surface area contributed by atoms with E-state index < -0.39 is 0 Å². The Morgan fingerprint density at radius 3 is 2.94 bits per heavy atom. The van der Waals surface area contributed by atoms with Gasteiger partial charge in [0.1, 0.15) is 5.76 Å². The maximum atomic E-state index is 5.52. The minimum absolute atomic E-state index is 0.667. The first-order chi connectivity index (χ1) is 8.30. The molecule has 1 heterocycles. The summed E-state index contributed by atoms with van der Waals surface area (Å²) in [5, 5.41) is 3.35. The number of hydrogen-bond donors (Lipinski definition) is 1. The van der Waals surface area contributed by atoms with E-state index in [1.54, 1.807) is 0 Å². The second-order valence-electron chi connectivity index (χ2n) is 4.11. The van der Waals surface area contributed by atoms with Crippen molar-refractivity contribution in [1.82, 2.24) is 10.2 Å². The summed E-state index contributed by atoms with van der Waals surface area (Å²) in [5.74, 6) is 3.64. The van der Waals surface area contributed by atoms with Crippen LogP contribution in [0.15, 0.2) is 16.7 Å². The normalized spacial score (nSPS) is 10.7. The molecule has 1 N–H and O–H groups in total. The fourth-order valence-electron chi connectivity index (χ4n) is 1.64. The molecule has 0 atom stereocenters. The van der Waals surface area contributed by atoms with E-state index in [0.29, 0.717) is 6.54 Å². The van der Waals surface area contributed by atoms with Crippen molar-refractivity contribution in [2.24, 2.45) is 0 Å². The third-order valence-electron chi connectivity index (χ3n) is 2.61. The van der Waals surface area contributed by atoms with Crippen molar-refractivity contribution in [1.29, 1.82) is 0 Å². The molecule has 94 valence electrons. The Kier molecular flexibility index (Phi) is 6.46. The van der Waals surface area contributed by atoms with E-state index in [1.165, 1.54) is 5.56 Å². The van der Waals surface area contributed by atoms with Crippen LogP contribution in [0.4, 0.5) is 0 Å². The topological polar surface area (TPSA) is 28.4 Å². The Bertz CT molecular complexity index is 351. The van der Waals surface area contributed by atoms with Crippen LogP contribution in [0.1, 0.15) is 31.6 Å². The summed E-state index contributed by atoms with van der Waals surface area (Å²) in [6.07, 6.45) is 8.28. The molecule has 0 saturated carbocycles. The molecule has 1 rings (SSSR count). The van der Waals surface area contributed by atoms with Gasteiger partial charge in [0.25, 0.3) is 0 Å². The van der Waals surface area contributed by atoms with E-state index >= 15 is 0 Å². The van der Waals surface area contributed by atoms with Gasteiger partial charge in [-0.3, -0.25) is 4.90 Å². The predicted octanol–water partition coefficient (Wildman–Crippen LogP) is 2.23. The van der Waals surface area contributed by atoms with Crippen LogP contribution in [-0.2, 0) is 13.1 Å². The molecule has 0 amide bonds. The highest BCUT2D eigenvalue weighted by Crippen LogP contribution is 2.10. The van der Waals surface area contributed by atoms with E-state index in [4.69, 9.17) is 10.8 Å². The Balaban J connectivity index is 2.41. The van der Waals surface area contributed by atoms with Crippen LogP contribution in [-0.4, -0.2) is 24.5 Å². The Labute approximate surface area is 104 Å². The van der Waals surface area contributed by atoms with Crippen molar-refractivity contribution < 1.29 is 4.42 Å². The van der Waals surface area contributed by atoms with Gasteiger partial charge in [-0.2, -0.15) is 0 Å². The van der Waals surface area contributed by atoms with Gasteiger partial charge in [-0.1, -0.05) is 19.8 Å². The monoisotopic (exact) mass is 234 g/mol. The highest BCUT2D eigenvalue weighted by Gasteiger charge is 2.06. The maximum absolute atomic E-state index is 5.52. The number of rotatable bonds is 8. The first-order valence-electron chi connectivity index (χ1n) is 6.23. The van der Waals surface area contributed by atoms with Crippen LogP contribution >= 0.6 is 0 Å². The molecular weight excluding hydrogens is 212 g/mol. The second-order valence-corrected chi connectivity index (χ2v) is 4.11. The van der Waals surface area contributed by atoms with E-state index in [0.717, 1.165) is 38.4 Å². The van der Waals surface area contributed by atoms with Crippen molar-refractivity contribution >= 4 is 0 Å². The lowest BCUT2D eigenvalue weighted by atomic mass is 10.3. The minimum atomic E-state index is 0.667. The lowest BCUT2D eigenvalue weighted by Crippen LogP contribution is -2.22. The van der Waals surface area contributed by atoms with Gasteiger partial charge in [-0.15, -0.1) is 6.42 Å². The fourth-order valence-corrected chi connectivity index (χ4v) is 1.64. The molecule has 17 heavy (non-hydrogen) atoms. The summed E-state index contributed by atoms with van der Waals surface area (Å²) in [6.45, 7) is 8.57. The third kappa shape index (κ3) is 5.08. The number of nitrogens with zero attached hydrogens (tertiary/aromatic N) is 1. The molecule has 0 aromatic carbocycles. The molecule has 0 aliphatic carbocycles. The van der Waals surface area contributed by atoms with E-state index in [1.807, 2.05) is 6.26 Å². The van der Waals surface area contributed by atoms with Gasteiger partial charge in [-0.05, 0) is 25.6 Å². The highest BCUT2D eigenvalue weighted by molar-refractivity contribution is 5.12. The second kappa shape index (κ2) is 7.94. The van der Waals surface area contributed by atoms with Crippen LogP contribution in [0.2, 0.25) is 0 Å². The molecule has 0 radical (unpaired) electrons. The molecular formula is C14H22N2O. The van der Waals surface area contributed by atoms with Crippen LogP contribution < -0.4 is 5.32 Å². The Morgan fingerprint density at radius 2 is 2.29 bits per heavy atom. The standard InChI is InChI=1S/C14H22N2O/c1-4-7-15-10-13-9-14(17-12-13)11-16(6-3)8-5-2/h2,9,12,15H,4,6-8,10-11H2,1,3H3. The van der Waals surface area contributed by atoms with E-state index in [2.05, 4.69) is 36.1 Å². The SMILES string of the molecule is C#CCN(CC)Cc1cc(CNCCC)co1. The lowest BCUT2D eigenvalue weighted by Gasteiger charge is -2.14. The van der Waals surface area contributed by atoms with E-state index in [9.17, 15) is 0 Å². The summed E-state index contributed by atoms with van der Waals surface area (Å²) >= 11 is 0. The van der Waals surface area contributed by atoms with Crippen molar-refractivity contribution in [2.45, 2.75) is 33.4 Å². The Hall–Kier alpha value is -1.24. The van der Waals surface area contributed by atoms with Gasteiger partial charge >= 0.3 is 0 Å². The largest absolute Gasteiger partial charge is 0.468 e. The number of nitrogens with one attached hydrogen (secondary N) is 1. The van der Waals surface area contributed by atoms with E-state index in [-0.39, 0.29) is 0 Å². The van der Waals surface area contributed by atoms with Crippen LogP contribution in [0.5, 0.6) is 0 Å². The molecule has 0 saturated heterocycles. The lowest BCUT2D eigenvalue weighted by molar-refractivity contribution is 0.285. The molecule has 1 aromatic heterocycles. The first-order valence-corrected chi connectivity index (χ1v) is 6.23. The molecule has 0 unspecified atom stereocenters. The zero-order valence-electron chi connectivity index (χ0n) is 10.8. The average molecular weight is 234 g/mol. The first kappa shape index (κ1) is 13.8. The fraction of sp³-hybridized carbons (Fsp3) is 0.571. The average Bonchev–Trinajstić information content (AvgIpc) is 2.77. The van der Waals surface area contributed by atoms with Crippen LogP contribution in [0.25, 0.3) is 0 Å².